The summed E-state index contributed by atoms with van der Waals surface area (Å²) < 4.78 is 5.45. The Bertz CT molecular complexity index is 457. The summed E-state index contributed by atoms with van der Waals surface area (Å²) in [4.78, 5) is 16.6. The van der Waals surface area contributed by atoms with E-state index in [1.165, 1.54) is 32.4 Å². The zero-order valence-electron chi connectivity index (χ0n) is 12.5. The van der Waals surface area contributed by atoms with E-state index in [1.807, 2.05) is 35.2 Å². The van der Waals surface area contributed by atoms with Crippen LogP contribution in [0.2, 0.25) is 0 Å². The molecule has 0 N–H and O–H groups in total. The number of piperidine rings is 1. The first-order valence-electron chi connectivity index (χ1n) is 8.02. The minimum absolute atomic E-state index is 0.164. The van der Waals surface area contributed by atoms with Gasteiger partial charge in [-0.2, -0.15) is 0 Å². The third kappa shape index (κ3) is 3.76. The van der Waals surface area contributed by atoms with E-state index >= 15 is 0 Å². The molecule has 2 saturated heterocycles. The van der Waals surface area contributed by atoms with E-state index in [0.29, 0.717) is 12.6 Å². The van der Waals surface area contributed by atoms with Crippen molar-refractivity contribution in [3.63, 3.8) is 0 Å². The van der Waals surface area contributed by atoms with Crippen LogP contribution in [-0.4, -0.2) is 48.1 Å². The monoisotopic (exact) mass is 288 g/mol. The Balaban J connectivity index is 1.49. The Kier molecular flexibility index (Phi) is 4.76. The maximum absolute atomic E-state index is 12.2. The molecule has 0 unspecified atom stereocenters. The third-order valence-electron chi connectivity index (χ3n) is 4.52. The van der Waals surface area contributed by atoms with Crippen LogP contribution in [0.1, 0.15) is 31.2 Å². The Morgan fingerprint density at radius 3 is 2.62 bits per heavy atom. The van der Waals surface area contributed by atoms with Crippen LogP contribution in [0.5, 0.6) is 0 Å². The summed E-state index contributed by atoms with van der Waals surface area (Å²) in [5, 5.41) is 0. The number of nitrogens with zero attached hydrogens (tertiary/aromatic N) is 2. The Morgan fingerprint density at radius 2 is 1.86 bits per heavy atom. The number of hydrogen-bond donors (Lipinski definition) is 0. The summed E-state index contributed by atoms with van der Waals surface area (Å²) in [6.45, 7) is 4.41. The normalized spacial score (nSPS) is 23.2. The van der Waals surface area contributed by atoms with Gasteiger partial charge in [-0.15, -0.1) is 0 Å². The molecule has 1 aromatic rings. The molecule has 0 bridgehead atoms. The second-order valence-electron chi connectivity index (χ2n) is 6.03. The van der Waals surface area contributed by atoms with Crippen LogP contribution < -0.4 is 0 Å². The minimum Gasteiger partial charge on any atom is -0.445 e. The van der Waals surface area contributed by atoms with Crippen molar-refractivity contribution in [3.8, 4) is 0 Å². The van der Waals surface area contributed by atoms with Gasteiger partial charge < -0.3 is 9.64 Å². The summed E-state index contributed by atoms with van der Waals surface area (Å²) in [5.74, 6) is 0. The summed E-state index contributed by atoms with van der Waals surface area (Å²) in [5.41, 5.74) is 1.04. The quantitative estimate of drug-likeness (QED) is 0.857. The fourth-order valence-corrected chi connectivity index (χ4v) is 3.34. The molecule has 2 aliphatic heterocycles. The molecule has 1 amide bonds. The van der Waals surface area contributed by atoms with Crippen molar-refractivity contribution in [1.82, 2.24) is 9.80 Å². The molecule has 4 nitrogen and oxygen atoms in total. The van der Waals surface area contributed by atoms with Crippen molar-refractivity contribution in [1.29, 1.82) is 0 Å². The molecular formula is C17H24N2O2. The molecule has 0 aromatic heterocycles. The van der Waals surface area contributed by atoms with Crippen LogP contribution in [0.4, 0.5) is 4.79 Å². The molecule has 21 heavy (non-hydrogen) atoms. The lowest BCUT2D eigenvalue weighted by atomic mass is 10.1. The Morgan fingerprint density at radius 1 is 1.10 bits per heavy atom. The van der Waals surface area contributed by atoms with Crippen molar-refractivity contribution in [2.75, 3.05) is 26.2 Å². The van der Waals surface area contributed by atoms with E-state index in [-0.39, 0.29) is 6.09 Å². The molecule has 2 fully saturated rings. The van der Waals surface area contributed by atoms with Crippen LogP contribution in [0, 0.1) is 0 Å². The maximum atomic E-state index is 12.2. The van der Waals surface area contributed by atoms with Crippen LogP contribution in [0.25, 0.3) is 0 Å². The van der Waals surface area contributed by atoms with Gasteiger partial charge in [0.1, 0.15) is 6.61 Å². The van der Waals surface area contributed by atoms with Crippen LogP contribution >= 0.6 is 0 Å². The first-order valence-corrected chi connectivity index (χ1v) is 8.02. The van der Waals surface area contributed by atoms with Crippen molar-refractivity contribution < 1.29 is 9.53 Å². The van der Waals surface area contributed by atoms with Gasteiger partial charge in [-0.25, -0.2) is 4.79 Å². The van der Waals surface area contributed by atoms with E-state index in [9.17, 15) is 4.79 Å². The van der Waals surface area contributed by atoms with Crippen molar-refractivity contribution >= 4 is 6.09 Å². The molecule has 3 rings (SSSR count). The van der Waals surface area contributed by atoms with Crippen molar-refractivity contribution in [2.24, 2.45) is 0 Å². The van der Waals surface area contributed by atoms with Crippen molar-refractivity contribution in [2.45, 2.75) is 38.3 Å². The second-order valence-corrected chi connectivity index (χ2v) is 6.03. The predicted octanol–water partition coefficient (Wildman–Crippen LogP) is 2.88. The third-order valence-corrected chi connectivity index (χ3v) is 4.52. The number of likely N-dealkylation sites (tertiary alicyclic amines) is 2. The molecule has 2 aliphatic rings. The summed E-state index contributed by atoms with van der Waals surface area (Å²) >= 11 is 0. The topological polar surface area (TPSA) is 32.8 Å². The number of hydrogen-bond acceptors (Lipinski definition) is 3. The van der Waals surface area contributed by atoms with Crippen LogP contribution in [0.15, 0.2) is 30.3 Å². The lowest BCUT2D eigenvalue weighted by Crippen LogP contribution is -2.49. The maximum Gasteiger partial charge on any atom is 0.410 e. The summed E-state index contributed by atoms with van der Waals surface area (Å²) in [7, 11) is 0. The first kappa shape index (κ1) is 14.4. The zero-order chi connectivity index (χ0) is 14.5. The highest BCUT2D eigenvalue weighted by atomic mass is 16.6. The molecule has 1 aromatic carbocycles. The lowest BCUT2D eigenvalue weighted by Gasteiger charge is -2.36. The van der Waals surface area contributed by atoms with Gasteiger partial charge in [0, 0.05) is 19.1 Å². The van der Waals surface area contributed by atoms with Gasteiger partial charge >= 0.3 is 6.09 Å². The lowest BCUT2D eigenvalue weighted by molar-refractivity contribution is 0.0664. The van der Waals surface area contributed by atoms with Crippen molar-refractivity contribution in [3.05, 3.63) is 35.9 Å². The van der Waals surface area contributed by atoms with Gasteiger partial charge in [-0.1, -0.05) is 30.3 Å². The van der Waals surface area contributed by atoms with E-state index in [2.05, 4.69) is 4.90 Å². The number of carbonyl (C=O) groups excluding carboxylic acids is 1. The van der Waals surface area contributed by atoms with Crippen LogP contribution in [-0.2, 0) is 11.3 Å². The summed E-state index contributed by atoms with van der Waals surface area (Å²) in [6.07, 6.45) is 4.73. The number of ether oxygens (including phenoxy) is 1. The molecule has 114 valence electrons. The first-order chi connectivity index (χ1) is 10.3. The van der Waals surface area contributed by atoms with Gasteiger partial charge in [0.05, 0.1) is 0 Å². The largest absolute Gasteiger partial charge is 0.445 e. The smallest absolute Gasteiger partial charge is 0.410 e. The average Bonchev–Trinajstić information content (AvgIpc) is 3.08. The molecule has 1 atom stereocenters. The molecule has 0 aliphatic carbocycles. The van der Waals surface area contributed by atoms with Gasteiger partial charge in [0.15, 0.2) is 0 Å². The molecule has 0 saturated carbocycles. The summed E-state index contributed by atoms with van der Waals surface area (Å²) in [6, 6.07) is 10.4. The Labute approximate surface area is 126 Å². The van der Waals surface area contributed by atoms with E-state index in [1.54, 1.807) is 0 Å². The van der Waals surface area contributed by atoms with E-state index in [4.69, 9.17) is 4.74 Å². The average molecular weight is 288 g/mol. The highest BCUT2D eigenvalue weighted by Crippen LogP contribution is 2.21. The zero-order valence-corrected chi connectivity index (χ0v) is 12.5. The molecule has 0 radical (unpaired) electrons. The predicted molar refractivity (Wildman–Crippen MR) is 82.0 cm³/mol. The van der Waals surface area contributed by atoms with Gasteiger partial charge in [0.2, 0.25) is 0 Å². The number of benzene rings is 1. The van der Waals surface area contributed by atoms with E-state index in [0.717, 1.165) is 25.1 Å². The molecule has 4 heteroatoms. The number of amides is 1. The van der Waals surface area contributed by atoms with E-state index < -0.39 is 0 Å². The molecular weight excluding hydrogens is 264 g/mol. The standard InChI is InChI=1S/C17H24N2O2/c20-17(21-14-15-7-2-1-3-8-15)19-12-6-9-16(13-19)18-10-4-5-11-18/h1-3,7-8,16H,4-6,9-14H2/t16-/m0/s1. The van der Waals surface area contributed by atoms with Gasteiger partial charge in [-0.3, -0.25) is 4.90 Å². The number of carbonyl (C=O) groups is 1. The SMILES string of the molecule is O=C(OCc1ccccc1)N1CCC[C@H](N2CCCC2)C1. The fourth-order valence-electron chi connectivity index (χ4n) is 3.34. The highest BCUT2D eigenvalue weighted by molar-refractivity contribution is 5.67. The van der Waals surface area contributed by atoms with Gasteiger partial charge in [-0.05, 0) is 44.3 Å². The highest BCUT2D eigenvalue weighted by Gasteiger charge is 2.29. The molecule has 2 heterocycles. The minimum atomic E-state index is -0.164. The molecule has 0 spiro atoms. The Hall–Kier alpha value is -1.55. The number of rotatable bonds is 3. The fraction of sp³-hybridized carbons (Fsp3) is 0.588. The van der Waals surface area contributed by atoms with Gasteiger partial charge in [0.25, 0.3) is 0 Å². The second kappa shape index (κ2) is 6.94. The van der Waals surface area contributed by atoms with Crippen LogP contribution in [0.3, 0.4) is 0 Å².